The molecule has 1 aromatic rings. The van der Waals surface area contributed by atoms with Crippen molar-refractivity contribution >= 4 is 11.9 Å². The van der Waals surface area contributed by atoms with E-state index >= 15 is 0 Å². The van der Waals surface area contributed by atoms with Crippen molar-refractivity contribution < 1.29 is 14.7 Å². The number of carboxylic acids is 1. The Morgan fingerprint density at radius 1 is 1.27 bits per heavy atom. The third-order valence-electron chi connectivity index (χ3n) is 4.73. The van der Waals surface area contributed by atoms with Crippen molar-refractivity contribution in [2.24, 2.45) is 5.41 Å². The second kappa shape index (κ2) is 6.11. The van der Waals surface area contributed by atoms with Crippen LogP contribution in [0.1, 0.15) is 50.7 Å². The van der Waals surface area contributed by atoms with Crippen LogP contribution in [0.2, 0.25) is 0 Å². The van der Waals surface area contributed by atoms with Gasteiger partial charge in [-0.1, -0.05) is 42.7 Å². The van der Waals surface area contributed by atoms with Crippen molar-refractivity contribution in [2.75, 3.05) is 6.54 Å². The number of aryl methyl sites for hydroxylation is 1. The number of benzene rings is 1. The van der Waals surface area contributed by atoms with E-state index in [1.54, 1.807) is 13.8 Å². The molecule has 1 aromatic carbocycles. The van der Waals surface area contributed by atoms with E-state index in [0.717, 1.165) is 36.8 Å². The predicted octanol–water partition coefficient (Wildman–Crippen LogP) is 3.03. The van der Waals surface area contributed by atoms with Crippen LogP contribution >= 0.6 is 0 Å². The smallest absolute Gasteiger partial charge is 0.310 e. The van der Waals surface area contributed by atoms with E-state index in [1.165, 1.54) is 0 Å². The first-order valence-corrected chi connectivity index (χ1v) is 7.87. The van der Waals surface area contributed by atoms with E-state index in [-0.39, 0.29) is 12.5 Å². The quantitative estimate of drug-likeness (QED) is 0.878. The Labute approximate surface area is 131 Å². The molecule has 0 aliphatic heterocycles. The summed E-state index contributed by atoms with van der Waals surface area (Å²) in [6.45, 7) is 5.43. The van der Waals surface area contributed by atoms with Crippen molar-refractivity contribution in [2.45, 2.75) is 51.9 Å². The molecular formula is C18H25NO3. The SMILES string of the molecule is Cc1cccc(C2(C(=O)NCC(C)(C)C(=O)O)CCCC2)c1. The molecule has 1 aliphatic carbocycles. The zero-order valence-corrected chi connectivity index (χ0v) is 13.6. The number of carbonyl (C=O) groups excluding carboxylic acids is 1. The molecule has 2 rings (SSSR count). The molecule has 0 unspecified atom stereocenters. The number of amides is 1. The largest absolute Gasteiger partial charge is 0.481 e. The topological polar surface area (TPSA) is 66.4 Å². The van der Waals surface area contributed by atoms with Crippen LogP contribution < -0.4 is 5.32 Å². The zero-order chi connectivity index (χ0) is 16.4. The summed E-state index contributed by atoms with van der Waals surface area (Å²) in [4.78, 5) is 24.0. The van der Waals surface area contributed by atoms with Crippen molar-refractivity contribution in [3.05, 3.63) is 35.4 Å². The normalized spacial score (nSPS) is 17.2. The van der Waals surface area contributed by atoms with Crippen LogP contribution in [0.5, 0.6) is 0 Å². The fraction of sp³-hybridized carbons (Fsp3) is 0.556. The van der Waals surface area contributed by atoms with E-state index in [4.69, 9.17) is 0 Å². The number of hydrogen-bond acceptors (Lipinski definition) is 2. The van der Waals surface area contributed by atoms with Crippen LogP contribution in [0, 0.1) is 12.3 Å². The van der Waals surface area contributed by atoms with E-state index in [9.17, 15) is 14.7 Å². The minimum Gasteiger partial charge on any atom is -0.481 e. The van der Waals surface area contributed by atoms with Gasteiger partial charge in [-0.25, -0.2) is 0 Å². The summed E-state index contributed by atoms with van der Waals surface area (Å²) in [5.74, 6) is -0.936. The molecule has 0 bridgehead atoms. The maximum atomic E-state index is 12.8. The number of rotatable bonds is 5. The van der Waals surface area contributed by atoms with Crippen LogP contribution in [-0.2, 0) is 15.0 Å². The standard InChI is InChI=1S/C18H25NO3/c1-13-7-6-8-14(11-13)18(9-4-5-10-18)15(20)19-12-17(2,3)16(21)22/h6-8,11H,4-5,9-10,12H2,1-3H3,(H,19,20)(H,21,22). The van der Waals surface area contributed by atoms with Gasteiger partial charge in [0.05, 0.1) is 10.8 Å². The molecule has 1 fully saturated rings. The van der Waals surface area contributed by atoms with Gasteiger partial charge in [0.25, 0.3) is 0 Å². The predicted molar refractivity (Wildman–Crippen MR) is 85.8 cm³/mol. The molecule has 1 aliphatic rings. The molecule has 4 heteroatoms. The number of aliphatic carboxylic acids is 1. The number of hydrogen-bond donors (Lipinski definition) is 2. The molecule has 2 N–H and O–H groups in total. The Balaban J connectivity index is 2.21. The molecule has 0 radical (unpaired) electrons. The Bertz CT molecular complexity index is 571. The van der Waals surface area contributed by atoms with E-state index in [2.05, 4.69) is 11.4 Å². The Morgan fingerprint density at radius 3 is 2.45 bits per heavy atom. The highest BCUT2D eigenvalue weighted by atomic mass is 16.4. The Kier molecular flexibility index (Phi) is 4.59. The zero-order valence-electron chi connectivity index (χ0n) is 13.6. The van der Waals surface area contributed by atoms with Crippen LogP contribution in [0.15, 0.2) is 24.3 Å². The maximum absolute atomic E-state index is 12.8. The summed E-state index contributed by atoms with van der Waals surface area (Å²) in [5.41, 5.74) is 0.737. The number of carboxylic acid groups (broad SMARTS) is 1. The van der Waals surface area contributed by atoms with Gasteiger partial charge in [0.2, 0.25) is 5.91 Å². The molecule has 4 nitrogen and oxygen atoms in total. The summed E-state index contributed by atoms with van der Waals surface area (Å²) in [6, 6.07) is 8.10. The van der Waals surface area contributed by atoms with E-state index < -0.39 is 16.8 Å². The van der Waals surface area contributed by atoms with Crippen LogP contribution in [0.3, 0.4) is 0 Å². The maximum Gasteiger partial charge on any atom is 0.310 e. The second-order valence-corrected chi connectivity index (χ2v) is 7.03. The summed E-state index contributed by atoms with van der Waals surface area (Å²) in [7, 11) is 0. The van der Waals surface area contributed by atoms with E-state index in [1.807, 2.05) is 25.1 Å². The van der Waals surface area contributed by atoms with Gasteiger partial charge in [-0.15, -0.1) is 0 Å². The van der Waals surface area contributed by atoms with Crippen molar-refractivity contribution in [3.8, 4) is 0 Å². The fourth-order valence-electron chi connectivity index (χ4n) is 3.11. The first kappa shape index (κ1) is 16.5. The fourth-order valence-corrected chi connectivity index (χ4v) is 3.11. The van der Waals surface area contributed by atoms with Gasteiger partial charge in [-0.3, -0.25) is 9.59 Å². The lowest BCUT2D eigenvalue weighted by molar-refractivity contribution is -0.147. The first-order chi connectivity index (χ1) is 10.3. The number of carbonyl (C=O) groups is 2. The van der Waals surface area contributed by atoms with Gasteiger partial charge in [-0.05, 0) is 39.2 Å². The van der Waals surface area contributed by atoms with Gasteiger partial charge >= 0.3 is 5.97 Å². The van der Waals surface area contributed by atoms with Crippen LogP contribution in [-0.4, -0.2) is 23.5 Å². The van der Waals surface area contributed by atoms with Crippen molar-refractivity contribution in [3.63, 3.8) is 0 Å². The molecule has 0 atom stereocenters. The molecule has 1 saturated carbocycles. The third kappa shape index (κ3) is 3.16. The summed E-state index contributed by atoms with van der Waals surface area (Å²) in [5, 5.41) is 12.1. The second-order valence-electron chi connectivity index (χ2n) is 7.03. The average molecular weight is 303 g/mol. The Morgan fingerprint density at radius 2 is 1.91 bits per heavy atom. The lowest BCUT2D eigenvalue weighted by Crippen LogP contribution is -2.47. The van der Waals surface area contributed by atoms with Crippen molar-refractivity contribution in [1.29, 1.82) is 0 Å². The highest BCUT2D eigenvalue weighted by Gasteiger charge is 2.43. The highest BCUT2D eigenvalue weighted by molar-refractivity contribution is 5.89. The van der Waals surface area contributed by atoms with Gasteiger partial charge in [-0.2, -0.15) is 0 Å². The lowest BCUT2D eigenvalue weighted by Gasteiger charge is -2.30. The average Bonchev–Trinajstić information content (AvgIpc) is 2.95. The Hall–Kier alpha value is -1.84. The molecule has 22 heavy (non-hydrogen) atoms. The summed E-state index contributed by atoms with van der Waals surface area (Å²) < 4.78 is 0. The van der Waals surface area contributed by atoms with Crippen LogP contribution in [0.4, 0.5) is 0 Å². The number of nitrogens with one attached hydrogen (secondary N) is 1. The minimum absolute atomic E-state index is 0.0371. The molecule has 120 valence electrons. The summed E-state index contributed by atoms with van der Waals surface area (Å²) >= 11 is 0. The minimum atomic E-state index is -0.956. The molecule has 0 aromatic heterocycles. The van der Waals surface area contributed by atoms with Gasteiger partial charge in [0.1, 0.15) is 0 Å². The lowest BCUT2D eigenvalue weighted by atomic mass is 9.77. The van der Waals surface area contributed by atoms with Gasteiger partial charge in [0.15, 0.2) is 0 Å². The van der Waals surface area contributed by atoms with Gasteiger partial charge in [0, 0.05) is 6.54 Å². The monoisotopic (exact) mass is 303 g/mol. The highest BCUT2D eigenvalue weighted by Crippen LogP contribution is 2.41. The third-order valence-corrected chi connectivity index (χ3v) is 4.73. The molecule has 1 amide bonds. The first-order valence-electron chi connectivity index (χ1n) is 7.87. The molecule has 0 saturated heterocycles. The molecule has 0 spiro atoms. The van der Waals surface area contributed by atoms with Crippen molar-refractivity contribution in [1.82, 2.24) is 5.32 Å². The van der Waals surface area contributed by atoms with Crippen LogP contribution in [0.25, 0.3) is 0 Å². The molecule has 0 heterocycles. The van der Waals surface area contributed by atoms with E-state index in [0.29, 0.717) is 0 Å². The summed E-state index contributed by atoms with van der Waals surface area (Å²) in [6.07, 6.45) is 3.72. The van der Waals surface area contributed by atoms with Gasteiger partial charge < -0.3 is 10.4 Å². The molecular weight excluding hydrogens is 278 g/mol.